The molecule has 0 spiro atoms. The Balaban J connectivity index is 2.24. The molecule has 0 fully saturated rings. The smallest absolute Gasteiger partial charge is 0.340 e. The maximum absolute atomic E-state index is 13.3. The number of phenolic OH excluding ortho intramolecular Hbond substituents is 1. The number of methoxy groups -OCH3 is 1. The van der Waals surface area contributed by atoms with E-state index >= 15 is 0 Å². The fourth-order valence-electron chi connectivity index (χ4n) is 1.84. The van der Waals surface area contributed by atoms with Crippen LogP contribution in [0.4, 0.5) is 10.1 Å². The zero-order chi connectivity index (χ0) is 15.4. The van der Waals surface area contributed by atoms with Crippen molar-refractivity contribution in [1.29, 1.82) is 0 Å². The summed E-state index contributed by atoms with van der Waals surface area (Å²) in [7, 11) is 1.27. The third kappa shape index (κ3) is 3.44. The minimum absolute atomic E-state index is 0.148. The van der Waals surface area contributed by atoms with E-state index in [1.165, 1.54) is 25.3 Å². The van der Waals surface area contributed by atoms with Gasteiger partial charge in [-0.25, -0.2) is 9.18 Å². The maximum atomic E-state index is 13.3. The number of esters is 1. The summed E-state index contributed by atoms with van der Waals surface area (Å²) >= 11 is 5.86. The molecule has 6 heteroatoms. The van der Waals surface area contributed by atoms with Crippen molar-refractivity contribution in [3.05, 3.63) is 58.4 Å². The second kappa shape index (κ2) is 6.45. The quantitative estimate of drug-likeness (QED) is 0.848. The zero-order valence-electron chi connectivity index (χ0n) is 11.2. The normalized spacial score (nSPS) is 10.2. The first-order valence-electron chi connectivity index (χ1n) is 6.11. The highest BCUT2D eigenvalue weighted by atomic mass is 35.5. The number of nitrogens with one attached hydrogen (secondary N) is 1. The number of halogens is 2. The van der Waals surface area contributed by atoms with Crippen LogP contribution in [0.15, 0.2) is 36.4 Å². The number of rotatable bonds is 4. The molecule has 0 radical (unpaired) electrons. The lowest BCUT2D eigenvalue weighted by molar-refractivity contribution is 0.0602. The van der Waals surface area contributed by atoms with E-state index in [1.807, 2.05) is 0 Å². The highest BCUT2D eigenvalue weighted by Gasteiger charge is 2.13. The maximum Gasteiger partial charge on any atom is 0.340 e. The van der Waals surface area contributed by atoms with Crippen molar-refractivity contribution in [2.24, 2.45) is 0 Å². The Hall–Kier alpha value is -2.27. The van der Waals surface area contributed by atoms with Gasteiger partial charge in [-0.1, -0.05) is 23.7 Å². The number of anilines is 1. The Labute approximate surface area is 126 Å². The predicted molar refractivity (Wildman–Crippen MR) is 78.2 cm³/mol. The van der Waals surface area contributed by atoms with Crippen LogP contribution in [0.3, 0.4) is 0 Å². The summed E-state index contributed by atoms with van der Waals surface area (Å²) in [6.07, 6.45) is 0. The Bertz CT molecular complexity index is 676. The molecule has 0 saturated carbocycles. The molecule has 110 valence electrons. The topological polar surface area (TPSA) is 58.6 Å². The van der Waals surface area contributed by atoms with E-state index in [0.717, 1.165) is 0 Å². The van der Waals surface area contributed by atoms with E-state index in [-0.39, 0.29) is 12.1 Å². The summed E-state index contributed by atoms with van der Waals surface area (Å²) in [6, 6.07) is 8.95. The summed E-state index contributed by atoms with van der Waals surface area (Å²) in [6.45, 7) is 0.148. The molecule has 0 bridgehead atoms. The number of benzene rings is 2. The number of para-hydroxylation sites is 1. The molecule has 2 aromatic rings. The van der Waals surface area contributed by atoms with Gasteiger partial charge in [0.15, 0.2) is 11.6 Å². The summed E-state index contributed by atoms with van der Waals surface area (Å²) < 4.78 is 17.9. The van der Waals surface area contributed by atoms with Crippen LogP contribution in [0.5, 0.6) is 5.75 Å². The largest absolute Gasteiger partial charge is 0.505 e. The Kier molecular flexibility index (Phi) is 4.65. The molecule has 4 nitrogen and oxygen atoms in total. The fraction of sp³-hybridized carbons (Fsp3) is 0.133. The molecule has 2 aromatic carbocycles. The zero-order valence-corrected chi connectivity index (χ0v) is 11.9. The number of hydrogen-bond acceptors (Lipinski definition) is 4. The minimum Gasteiger partial charge on any atom is -0.505 e. The van der Waals surface area contributed by atoms with Gasteiger partial charge in [-0.3, -0.25) is 0 Å². The van der Waals surface area contributed by atoms with Gasteiger partial charge in [0.2, 0.25) is 0 Å². The van der Waals surface area contributed by atoms with Crippen molar-refractivity contribution in [1.82, 2.24) is 0 Å². The van der Waals surface area contributed by atoms with Gasteiger partial charge < -0.3 is 15.2 Å². The van der Waals surface area contributed by atoms with Crippen molar-refractivity contribution < 1.29 is 19.0 Å². The first-order chi connectivity index (χ1) is 10.0. The van der Waals surface area contributed by atoms with Crippen LogP contribution in [0.25, 0.3) is 0 Å². The molecule has 21 heavy (non-hydrogen) atoms. The van der Waals surface area contributed by atoms with Gasteiger partial charge in [-0.05, 0) is 24.3 Å². The van der Waals surface area contributed by atoms with Gasteiger partial charge in [0.25, 0.3) is 0 Å². The van der Waals surface area contributed by atoms with Gasteiger partial charge in [0, 0.05) is 22.8 Å². The van der Waals surface area contributed by atoms with Gasteiger partial charge >= 0.3 is 5.97 Å². The van der Waals surface area contributed by atoms with Crippen LogP contribution >= 0.6 is 11.6 Å². The number of carbonyl (C=O) groups excluding carboxylic acids is 1. The first-order valence-corrected chi connectivity index (χ1v) is 6.49. The Morgan fingerprint density at radius 1 is 1.38 bits per heavy atom. The van der Waals surface area contributed by atoms with Crippen LogP contribution in [-0.2, 0) is 11.3 Å². The molecule has 0 amide bonds. The van der Waals surface area contributed by atoms with Crippen LogP contribution in [0, 0.1) is 5.82 Å². The second-order valence-corrected chi connectivity index (χ2v) is 4.72. The molecular formula is C15H13ClFNO3. The monoisotopic (exact) mass is 309 g/mol. The lowest BCUT2D eigenvalue weighted by Crippen LogP contribution is -2.08. The SMILES string of the molecule is COC(=O)c1cc(Cl)ccc1NCc1cccc(F)c1O. The molecule has 0 unspecified atom stereocenters. The van der Waals surface area contributed by atoms with Gasteiger partial charge in [0.1, 0.15) is 0 Å². The van der Waals surface area contributed by atoms with E-state index in [9.17, 15) is 14.3 Å². The molecule has 0 heterocycles. The van der Waals surface area contributed by atoms with Crippen LogP contribution in [-0.4, -0.2) is 18.2 Å². The van der Waals surface area contributed by atoms with E-state index in [0.29, 0.717) is 16.3 Å². The number of phenols is 1. The van der Waals surface area contributed by atoms with Crippen LogP contribution < -0.4 is 5.32 Å². The molecule has 0 aromatic heterocycles. The van der Waals surface area contributed by atoms with Crippen molar-refractivity contribution in [3.63, 3.8) is 0 Å². The molecule has 0 atom stereocenters. The van der Waals surface area contributed by atoms with E-state index in [2.05, 4.69) is 10.1 Å². The van der Waals surface area contributed by atoms with E-state index in [1.54, 1.807) is 18.2 Å². The number of ether oxygens (including phenoxy) is 1. The van der Waals surface area contributed by atoms with Crippen molar-refractivity contribution in [3.8, 4) is 5.75 Å². The van der Waals surface area contributed by atoms with Crippen molar-refractivity contribution >= 4 is 23.3 Å². The lowest BCUT2D eigenvalue weighted by Gasteiger charge is -2.12. The van der Waals surface area contributed by atoms with Gasteiger partial charge in [0.05, 0.1) is 12.7 Å². The molecule has 2 rings (SSSR count). The molecule has 0 aliphatic carbocycles. The summed E-state index contributed by atoms with van der Waals surface area (Å²) in [5.41, 5.74) is 1.12. The summed E-state index contributed by atoms with van der Waals surface area (Å²) in [4.78, 5) is 11.7. The molecule has 0 aliphatic rings. The Morgan fingerprint density at radius 3 is 2.86 bits per heavy atom. The first kappa shape index (κ1) is 15.1. The molecule has 2 N–H and O–H groups in total. The molecule has 0 saturated heterocycles. The van der Waals surface area contributed by atoms with Crippen molar-refractivity contribution in [2.45, 2.75) is 6.54 Å². The summed E-state index contributed by atoms with van der Waals surface area (Å²) in [5, 5.41) is 13.0. The van der Waals surface area contributed by atoms with Gasteiger partial charge in [-0.15, -0.1) is 0 Å². The third-order valence-corrected chi connectivity index (χ3v) is 3.16. The predicted octanol–water partition coefficient (Wildman–Crippen LogP) is 3.58. The van der Waals surface area contributed by atoms with E-state index < -0.39 is 17.5 Å². The fourth-order valence-corrected chi connectivity index (χ4v) is 2.01. The second-order valence-electron chi connectivity index (χ2n) is 4.28. The highest BCUT2D eigenvalue weighted by Crippen LogP contribution is 2.25. The van der Waals surface area contributed by atoms with Crippen LogP contribution in [0.2, 0.25) is 5.02 Å². The lowest BCUT2D eigenvalue weighted by atomic mass is 10.1. The standard InChI is InChI=1S/C15H13ClFNO3/c1-21-15(20)11-7-10(16)5-6-13(11)18-8-9-3-2-4-12(17)14(9)19/h2-7,18-19H,8H2,1H3. The minimum atomic E-state index is -0.696. The van der Waals surface area contributed by atoms with E-state index in [4.69, 9.17) is 11.6 Å². The highest BCUT2D eigenvalue weighted by molar-refractivity contribution is 6.31. The number of aromatic hydroxyl groups is 1. The Morgan fingerprint density at radius 2 is 2.14 bits per heavy atom. The van der Waals surface area contributed by atoms with Crippen molar-refractivity contribution in [2.75, 3.05) is 12.4 Å². The van der Waals surface area contributed by atoms with Crippen LogP contribution in [0.1, 0.15) is 15.9 Å². The molecular weight excluding hydrogens is 297 g/mol. The molecule has 0 aliphatic heterocycles. The average molecular weight is 310 g/mol. The third-order valence-electron chi connectivity index (χ3n) is 2.93. The number of hydrogen-bond donors (Lipinski definition) is 2. The number of carbonyl (C=O) groups is 1. The summed E-state index contributed by atoms with van der Waals surface area (Å²) in [5.74, 6) is -1.65. The van der Waals surface area contributed by atoms with Gasteiger partial charge in [-0.2, -0.15) is 0 Å². The average Bonchev–Trinajstić information content (AvgIpc) is 2.49.